The molecule has 11 heteroatoms. The molecule has 53 heavy (non-hydrogen) atoms. The van der Waals surface area contributed by atoms with Gasteiger partial charge in [-0.1, -0.05) is 60.7 Å². The molecule has 1 N–H and O–H groups in total. The fourth-order valence-corrected chi connectivity index (χ4v) is 8.90. The Morgan fingerprint density at radius 3 is 2.13 bits per heavy atom. The molecule has 266 valence electrons. The van der Waals surface area contributed by atoms with E-state index in [1.807, 2.05) is 6.07 Å². The van der Waals surface area contributed by atoms with Crippen LogP contribution in [-0.4, -0.2) is 36.2 Å². The van der Waals surface area contributed by atoms with Gasteiger partial charge >= 0.3 is 0 Å². The van der Waals surface area contributed by atoms with Crippen LogP contribution in [0.15, 0.2) is 124 Å². The number of methoxy groups -OCH3 is 1. The second-order valence-corrected chi connectivity index (χ2v) is 15.1. The number of hydrogen-bond acceptors (Lipinski definition) is 8. The van der Waals surface area contributed by atoms with Crippen molar-refractivity contribution in [2.75, 3.05) is 25.1 Å². The summed E-state index contributed by atoms with van der Waals surface area (Å²) in [5.74, 6) is 1.25. The van der Waals surface area contributed by atoms with Gasteiger partial charge in [0.05, 0.1) is 27.1 Å². The van der Waals surface area contributed by atoms with E-state index in [1.54, 1.807) is 31.4 Å². The van der Waals surface area contributed by atoms with E-state index >= 15 is 0 Å². The Hall–Kier alpha value is -5.39. The molecule has 2 atom stereocenters. The number of carbonyl (C=O) groups is 1. The van der Waals surface area contributed by atoms with E-state index in [-0.39, 0.29) is 30.0 Å². The van der Waals surface area contributed by atoms with E-state index in [2.05, 4.69) is 98.9 Å². The van der Waals surface area contributed by atoms with Crippen molar-refractivity contribution in [3.05, 3.63) is 162 Å². The number of amidine groups is 1. The molecule has 0 aromatic heterocycles. The number of nitro groups is 1. The van der Waals surface area contributed by atoms with Crippen LogP contribution in [0, 0.1) is 10.1 Å². The van der Waals surface area contributed by atoms with Gasteiger partial charge in [-0.05, 0) is 116 Å². The first kappa shape index (κ1) is 34.7. The third kappa shape index (κ3) is 7.19. The van der Waals surface area contributed by atoms with Crippen molar-refractivity contribution in [1.29, 1.82) is 0 Å². The average Bonchev–Trinajstić information content (AvgIpc) is 3.52. The van der Waals surface area contributed by atoms with Crippen molar-refractivity contribution in [3.63, 3.8) is 0 Å². The Kier molecular flexibility index (Phi) is 9.76. The maximum Gasteiger partial charge on any atom is 0.269 e. The summed E-state index contributed by atoms with van der Waals surface area (Å²) in [6, 6.07) is 35.8. The highest BCUT2D eigenvalue weighted by Gasteiger charge is 2.35. The second kappa shape index (κ2) is 14.9. The number of nitrogens with one attached hydrogen (secondary N) is 1. The van der Waals surface area contributed by atoms with Crippen molar-refractivity contribution < 1.29 is 19.2 Å². The summed E-state index contributed by atoms with van der Waals surface area (Å²) in [5.41, 5.74) is 8.88. The number of non-ortho nitro benzene ring substituents is 1. The molecule has 9 nitrogen and oxygen atoms in total. The quantitative estimate of drug-likeness (QED) is 0.0901. The minimum absolute atomic E-state index is 0.0177. The van der Waals surface area contributed by atoms with Gasteiger partial charge in [0, 0.05) is 42.7 Å². The van der Waals surface area contributed by atoms with Gasteiger partial charge in [0.1, 0.15) is 6.61 Å². The lowest BCUT2D eigenvalue weighted by atomic mass is 9.76. The molecule has 0 unspecified atom stereocenters. The first-order valence-electron chi connectivity index (χ1n) is 17.4. The van der Waals surface area contributed by atoms with Crippen molar-refractivity contribution in [2.24, 2.45) is 4.99 Å². The summed E-state index contributed by atoms with van der Waals surface area (Å²) in [7, 11) is 1.55. The number of carbonyl (C=O) groups excluding carboxylic acids is 1. The molecular weight excluding hydrogens is 752 g/mol. The number of hydrogen-bond donors (Lipinski definition) is 1. The topological polar surface area (TPSA) is 106 Å². The molecule has 1 fully saturated rings. The molecule has 5 aromatic rings. The van der Waals surface area contributed by atoms with Crippen LogP contribution in [0.25, 0.3) is 6.08 Å². The highest BCUT2D eigenvalue weighted by atomic mass is 79.9. The van der Waals surface area contributed by atoms with Crippen LogP contribution in [-0.2, 0) is 11.4 Å². The van der Waals surface area contributed by atoms with Crippen LogP contribution in [0.4, 0.5) is 17.1 Å². The zero-order valence-electron chi connectivity index (χ0n) is 28.8. The molecule has 5 aromatic carbocycles. The van der Waals surface area contributed by atoms with Crippen molar-refractivity contribution in [2.45, 2.75) is 31.3 Å². The minimum Gasteiger partial charge on any atom is -0.493 e. The zero-order chi connectivity index (χ0) is 36.5. The Balaban J connectivity index is 1.09. The van der Waals surface area contributed by atoms with Crippen molar-refractivity contribution in [3.8, 4) is 11.5 Å². The summed E-state index contributed by atoms with van der Waals surface area (Å²) in [6.45, 7) is 2.22. The number of nitrogens with zero attached hydrogens (tertiary/aromatic N) is 3. The van der Waals surface area contributed by atoms with Gasteiger partial charge in [-0.3, -0.25) is 14.9 Å². The van der Waals surface area contributed by atoms with Gasteiger partial charge in [0.25, 0.3) is 11.6 Å². The molecule has 8 rings (SSSR count). The predicted molar refractivity (Wildman–Crippen MR) is 213 cm³/mol. The number of aliphatic imine (C=N–C) groups is 1. The number of thioether (sulfide) groups is 1. The second-order valence-electron chi connectivity index (χ2n) is 13.2. The summed E-state index contributed by atoms with van der Waals surface area (Å²) in [4.78, 5) is 32.0. The normalized spacial score (nSPS) is 19.2. The lowest BCUT2D eigenvalue weighted by Crippen LogP contribution is -2.37. The summed E-state index contributed by atoms with van der Waals surface area (Å²) in [6.07, 6.45) is 3.87. The monoisotopic (exact) mass is 786 g/mol. The third-order valence-corrected chi connectivity index (χ3v) is 11.5. The van der Waals surface area contributed by atoms with Gasteiger partial charge in [-0.25, -0.2) is 4.99 Å². The third-order valence-electron chi connectivity index (χ3n) is 9.96. The molecule has 0 bridgehead atoms. The van der Waals surface area contributed by atoms with E-state index in [0.29, 0.717) is 26.0 Å². The average molecular weight is 788 g/mol. The molecule has 1 saturated heterocycles. The SMILES string of the molecule is COc1cc(/C=C2\SC(=Nc3cc4c5c(c3)[C@H](c3ccccc3)CCN5CC[C@@H]4c3ccccc3)NC2=O)cc(Br)c1OCc1ccc([N+](=O)[O-])cc1. The number of nitro benzene ring substituents is 1. The van der Waals surface area contributed by atoms with Crippen LogP contribution in [0.1, 0.15) is 58.1 Å². The van der Waals surface area contributed by atoms with Crippen LogP contribution in [0.5, 0.6) is 11.5 Å². The minimum atomic E-state index is -0.436. The lowest BCUT2D eigenvalue weighted by molar-refractivity contribution is -0.384. The number of halogens is 1. The highest BCUT2D eigenvalue weighted by molar-refractivity contribution is 9.10. The summed E-state index contributed by atoms with van der Waals surface area (Å²) < 4.78 is 12.3. The molecule has 1 amide bonds. The van der Waals surface area contributed by atoms with E-state index in [9.17, 15) is 14.9 Å². The van der Waals surface area contributed by atoms with Crippen LogP contribution >= 0.6 is 27.7 Å². The van der Waals surface area contributed by atoms with E-state index < -0.39 is 4.92 Å². The Labute approximate surface area is 320 Å². The molecular formula is C42H35BrN4O5S. The largest absolute Gasteiger partial charge is 0.493 e. The number of amides is 1. The number of anilines is 1. The van der Waals surface area contributed by atoms with E-state index in [1.165, 1.54) is 51.8 Å². The van der Waals surface area contributed by atoms with Gasteiger partial charge in [-0.15, -0.1) is 0 Å². The fraction of sp³-hybridized carbons (Fsp3) is 0.190. The molecule has 3 heterocycles. The van der Waals surface area contributed by atoms with Crippen LogP contribution in [0.3, 0.4) is 0 Å². The van der Waals surface area contributed by atoms with Gasteiger partial charge < -0.3 is 19.7 Å². The Morgan fingerprint density at radius 2 is 1.55 bits per heavy atom. The molecule has 0 saturated carbocycles. The lowest BCUT2D eigenvalue weighted by Gasteiger charge is -2.43. The van der Waals surface area contributed by atoms with Crippen LogP contribution in [0.2, 0.25) is 0 Å². The maximum absolute atomic E-state index is 13.3. The molecule has 3 aliphatic heterocycles. The van der Waals surface area contributed by atoms with Crippen LogP contribution < -0.4 is 19.7 Å². The molecule has 0 aliphatic carbocycles. The highest BCUT2D eigenvalue weighted by Crippen LogP contribution is 2.50. The van der Waals surface area contributed by atoms with E-state index in [0.717, 1.165) is 42.7 Å². The molecule has 3 aliphatic rings. The Bertz CT molecular complexity index is 2190. The van der Waals surface area contributed by atoms with Gasteiger partial charge in [0.2, 0.25) is 0 Å². The van der Waals surface area contributed by atoms with E-state index in [4.69, 9.17) is 14.5 Å². The van der Waals surface area contributed by atoms with Gasteiger partial charge in [-0.2, -0.15) is 0 Å². The first-order chi connectivity index (χ1) is 25.8. The number of benzene rings is 5. The summed E-state index contributed by atoms with van der Waals surface area (Å²) in [5, 5.41) is 14.5. The predicted octanol–water partition coefficient (Wildman–Crippen LogP) is 9.71. The maximum atomic E-state index is 13.3. The van der Waals surface area contributed by atoms with Gasteiger partial charge in [0.15, 0.2) is 16.7 Å². The molecule has 0 radical (unpaired) electrons. The zero-order valence-corrected chi connectivity index (χ0v) is 31.2. The molecule has 0 spiro atoms. The Morgan fingerprint density at radius 1 is 0.925 bits per heavy atom. The van der Waals surface area contributed by atoms with Crippen molar-refractivity contribution in [1.82, 2.24) is 5.32 Å². The summed E-state index contributed by atoms with van der Waals surface area (Å²) >= 11 is 4.91. The fourth-order valence-electron chi connectivity index (χ4n) is 7.49. The number of ether oxygens (including phenoxy) is 2. The standard InChI is InChI=1S/C42H35BrN4O5S/c1-51-37-21-27(20-36(43)40(37)52-25-26-12-14-31(15-13-26)47(49)50)22-38-41(48)45-42(53-38)44-30-23-34-32(28-8-4-2-5-9-28)16-18-46-19-17-33(35(24-30)39(34)46)29-10-6-3-7-11-29/h2-15,20-24,32-33H,16-19,25H2,1H3,(H,44,45,48)/b38-22-/t32-,33+. The van der Waals surface area contributed by atoms with Crippen molar-refractivity contribution >= 4 is 61.9 Å². The smallest absolute Gasteiger partial charge is 0.269 e. The number of rotatable bonds is 9. The first-order valence-corrected chi connectivity index (χ1v) is 19.0.